The minimum atomic E-state index is -4.41. The Morgan fingerprint density at radius 2 is 1.61 bits per heavy atom. The number of rotatable bonds is 6. The van der Waals surface area contributed by atoms with Crippen molar-refractivity contribution in [1.82, 2.24) is 0 Å². The minimum absolute atomic E-state index is 0.000302. The fraction of sp³-hybridized carbons (Fsp3) is 0.235. The zero-order valence-corrected chi connectivity index (χ0v) is 12.1. The van der Waals surface area contributed by atoms with E-state index in [1.807, 2.05) is 18.2 Å². The minimum Gasteiger partial charge on any atom is -0.479 e. The second kappa shape index (κ2) is 7.28. The Bertz CT molecular complexity index is 636. The molecule has 6 heteroatoms. The zero-order chi connectivity index (χ0) is 16.9. The second-order valence-electron chi connectivity index (χ2n) is 5.02. The lowest BCUT2D eigenvalue weighted by molar-refractivity contribution is -0.151. The molecular formula is C17H15F3O3. The molecule has 0 fully saturated rings. The number of aliphatic carboxylic acids is 1. The summed E-state index contributed by atoms with van der Waals surface area (Å²) >= 11 is 0. The maximum absolute atomic E-state index is 12.5. The number of hydrogen-bond acceptors (Lipinski definition) is 2. The summed E-state index contributed by atoms with van der Waals surface area (Å²) in [5.41, 5.74) is 0.531. The highest BCUT2D eigenvalue weighted by Crippen LogP contribution is 2.29. The number of halogens is 3. The van der Waals surface area contributed by atoms with E-state index < -0.39 is 23.8 Å². The number of carboxylic acid groups (broad SMARTS) is 1. The highest BCUT2D eigenvalue weighted by atomic mass is 19.4. The number of alkyl halides is 3. The molecule has 1 atom stereocenters. The predicted molar refractivity (Wildman–Crippen MR) is 77.8 cm³/mol. The third kappa shape index (κ3) is 5.10. The summed E-state index contributed by atoms with van der Waals surface area (Å²) in [6.45, 7) is 0.123. The molecule has 0 aliphatic rings. The van der Waals surface area contributed by atoms with Gasteiger partial charge in [0.25, 0.3) is 0 Å². The molecule has 0 amide bonds. The van der Waals surface area contributed by atoms with E-state index in [1.165, 1.54) is 12.1 Å². The van der Waals surface area contributed by atoms with Gasteiger partial charge in [0.15, 0.2) is 6.10 Å². The molecular weight excluding hydrogens is 309 g/mol. The quantitative estimate of drug-likeness (QED) is 0.876. The van der Waals surface area contributed by atoms with Crippen molar-refractivity contribution in [3.63, 3.8) is 0 Å². The predicted octanol–water partition coefficient (Wildman–Crippen LogP) is 3.92. The van der Waals surface area contributed by atoms with E-state index >= 15 is 0 Å². The van der Waals surface area contributed by atoms with E-state index in [0.717, 1.165) is 17.7 Å². The van der Waals surface area contributed by atoms with Crippen LogP contribution in [0.15, 0.2) is 54.6 Å². The van der Waals surface area contributed by atoms with Gasteiger partial charge in [0.2, 0.25) is 0 Å². The lowest BCUT2D eigenvalue weighted by atomic mass is 10.1. The van der Waals surface area contributed by atoms with E-state index in [0.29, 0.717) is 5.56 Å². The Hall–Kier alpha value is -2.34. The number of carboxylic acids is 1. The Morgan fingerprint density at radius 3 is 2.13 bits per heavy atom. The van der Waals surface area contributed by atoms with Gasteiger partial charge in [0, 0.05) is 6.42 Å². The Morgan fingerprint density at radius 1 is 1.00 bits per heavy atom. The van der Waals surface area contributed by atoms with E-state index in [2.05, 4.69) is 0 Å². The van der Waals surface area contributed by atoms with Gasteiger partial charge in [-0.05, 0) is 23.3 Å². The first-order valence-electron chi connectivity index (χ1n) is 6.91. The highest BCUT2D eigenvalue weighted by Gasteiger charge is 2.30. The van der Waals surface area contributed by atoms with Crippen LogP contribution in [0.2, 0.25) is 0 Å². The van der Waals surface area contributed by atoms with Gasteiger partial charge in [-0.15, -0.1) is 0 Å². The molecule has 0 heterocycles. The van der Waals surface area contributed by atoms with Crippen molar-refractivity contribution in [2.24, 2.45) is 0 Å². The van der Waals surface area contributed by atoms with Gasteiger partial charge in [-0.3, -0.25) is 0 Å². The summed E-state index contributed by atoms with van der Waals surface area (Å²) in [6, 6.07) is 13.5. The second-order valence-corrected chi connectivity index (χ2v) is 5.02. The first kappa shape index (κ1) is 17.0. The molecule has 0 aromatic heterocycles. The molecule has 1 unspecified atom stereocenters. The SMILES string of the molecule is O=C(O)C(Cc1ccc(C(F)(F)F)cc1)OCc1ccccc1. The molecule has 2 aromatic carbocycles. The number of carbonyl (C=O) groups is 1. The molecule has 2 aromatic rings. The molecule has 3 nitrogen and oxygen atoms in total. The average Bonchev–Trinajstić information content (AvgIpc) is 2.51. The van der Waals surface area contributed by atoms with E-state index in [9.17, 15) is 23.1 Å². The lowest BCUT2D eigenvalue weighted by Crippen LogP contribution is -2.26. The number of benzene rings is 2. The van der Waals surface area contributed by atoms with Gasteiger partial charge in [0.1, 0.15) is 0 Å². The summed E-state index contributed by atoms with van der Waals surface area (Å²) in [6.07, 6.45) is -5.53. The first-order valence-corrected chi connectivity index (χ1v) is 6.91. The molecule has 0 saturated heterocycles. The van der Waals surface area contributed by atoms with Crippen LogP contribution >= 0.6 is 0 Å². The highest BCUT2D eigenvalue weighted by molar-refractivity contribution is 5.72. The topological polar surface area (TPSA) is 46.5 Å². The zero-order valence-electron chi connectivity index (χ0n) is 12.1. The Balaban J connectivity index is 2.00. The van der Waals surface area contributed by atoms with Crippen molar-refractivity contribution in [1.29, 1.82) is 0 Å². The van der Waals surface area contributed by atoms with Crippen molar-refractivity contribution >= 4 is 5.97 Å². The molecule has 0 radical (unpaired) electrons. The largest absolute Gasteiger partial charge is 0.479 e. The van der Waals surface area contributed by atoms with Gasteiger partial charge in [-0.2, -0.15) is 13.2 Å². The Labute approximate surface area is 131 Å². The molecule has 23 heavy (non-hydrogen) atoms. The Kier molecular flexibility index (Phi) is 5.39. The summed E-state index contributed by atoms with van der Waals surface area (Å²) in [4.78, 5) is 11.2. The molecule has 122 valence electrons. The maximum atomic E-state index is 12.5. The van der Waals surface area contributed by atoms with E-state index in [4.69, 9.17) is 4.74 Å². The first-order chi connectivity index (χ1) is 10.9. The molecule has 0 saturated carbocycles. The molecule has 2 rings (SSSR count). The van der Waals surface area contributed by atoms with Crippen LogP contribution in [0.1, 0.15) is 16.7 Å². The summed E-state index contributed by atoms with van der Waals surface area (Å²) < 4.78 is 42.9. The number of hydrogen-bond donors (Lipinski definition) is 1. The third-order valence-electron chi connectivity index (χ3n) is 3.27. The molecule has 0 bridgehead atoms. The van der Waals surface area contributed by atoms with Gasteiger partial charge in [-0.25, -0.2) is 4.79 Å². The van der Waals surface area contributed by atoms with E-state index in [-0.39, 0.29) is 13.0 Å². The monoisotopic (exact) mass is 324 g/mol. The van der Waals surface area contributed by atoms with Crippen LogP contribution in [0.4, 0.5) is 13.2 Å². The summed E-state index contributed by atoms with van der Waals surface area (Å²) in [5, 5.41) is 9.19. The van der Waals surface area contributed by atoms with Gasteiger partial charge >= 0.3 is 12.1 Å². The lowest BCUT2D eigenvalue weighted by Gasteiger charge is -2.14. The van der Waals surface area contributed by atoms with Crippen molar-refractivity contribution in [3.8, 4) is 0 Å². The van der Waals surface area contributed by atoms with Crippen LogP contribution in [-0.4, -0.2) is 17.2 Å². The number of ether oxygens (including phenoxy) is 1. The molecule has 0 spiro atoms. The van der Waals surface area contributed by atoms with Crippen molar-refractivity contribution in [2.45, 2.75) is 25.3 Å². The van der Waals surface area contributed by atoms with Crippen molar-refractivity contribution < 1.29 is 27.8 Å². The van der Waals surface area contributed by atoms with Crippen molar-refractivity contribution in [3.05, 3.63) is 71.3 Å². The summed E-state index contributed by atoms with van der Waals surface area (Å²) in [5.74, 6) is -1.15. The van der Waals surface area contributed by atoms with E-state index in [1.54, 1.807) is 12.1 Å². The van der Waals surface area contributed by atoms with Gasteiger partial charge in [0.05, 0.1) is 12.2 Å². The molecule has 1 N–H and O–H groups in total. The van der Waals surface area contributed by atoms with Gasteiger partial charge < -0.3 is 9.84 Å². The van der Waals surface area contributed by atoms with Crippen LogP contribution in [0.5, 0.6) is 0 Å². The van der Waals surface area contributed by atoms with Crippen LogP contribution in [0.3, 0.4) is 0 Å². The third-order valence-corrected chi connectivity index (χ3v) is 3.27. The smallest absolute Gasteiger partial charge is 0.416 e. The van der Waals surface area contributed by atoms with Gasteiger partial charge in [-0.1, -0.05) is 42.5 Å². The average molecular weight is 324 g/mol. The van der Waals surface area contributed by atoms with Crippen LogP contribution in [0.25, 0.3) is 0 Å². The summed E-state index contributed by atoms with van der Waals surface area (Å²) in [7, 11) is 0. The fourth-order valence-electron chi connectivity index (χ4n) is 2.03. The maximum Gasteiger partial charge on any atom is 0.416 e. The van der Waals surface area contributed by atoms with Crippen LogP contribution in [0, 0.1) is 0 Å². The standard InChI is InChI=1S/C17H15F3O3/c18-17(19,20)14-8-6-12(7-9-14)10-15(16(21)22)23-11-13-4-2-1-3-5-13/h1-9,15H,10-11H2,(H,21,22). The fourth-order valence-corrected chi connectivity index (χ4v) is 2.03. The van der Waals surface area contributed by atoms with Crippen LogP contribution < -0.4 is 0 Å². The van der Waals surface area contributed by atoms with Crippen LogP contribution in [-0.2, 0) is 28.7 Å². The molecule has 0 aliphatic heterocycles. The molecule has 0 aliphatic carbocycles. The normalized spacial score (nSPS) is 12.8. The van der Waals surface area contributed by atoms with Crippen molar-refractivity contribution in [2.75, 3.05) is 0 Å².